The van der Waals surface area contributed by atoms with Gasteiger partial charge in [-0.2, -0.15) is 5.10 Å². The number of hydrogen-bond donors (Lipinski definition) is 1. The molecule has 0 bridgehead atoms. The van der Waals surface area contributed by atoms with Crippen molar-refractivity contribution >= 4 is 17.6 Å². The van der Waals surface area contributed by atoms with Crippen molar-refractivity contribution in [1.29, 1.82) is 0 Å². The standard InChI is InChI=1S/C30H29N3O4/c1-36-22-13-15-23-21(18-22)12-14-24-27(32-33(29(23)24)19-20-8-4-3-5-9-20)16-17-28(34)31-26-11-7-6-10-25(26)30(35)37-2/h3-11,13,15,18H,12,14,16-17,19H2,1-2H3,(H,31,34). The zero-order valence-electron chi connectivity index (χ0n) is 21.0. The van der Waals surface area contributed by atoms with Crippen molar-refractivity contribution < 1.29 is 19.1 Å². The maximum absolute atomic E-state index is 12.9. The molecule has 7 heteroatoms. The number of benzene rings is 3. The van der Waals surface area contributed by atoms with Gasteiger partial charge in [0.1, 0.15) is 5.75 Å². The van der Waals surface area contributed by atoms with Crippen LogP contribution in [-0.4, -0.2) is 35.9 Å². The fourth-order valence-corrected chi connectivity index (χ4v) is 4.90. The minimum absolute atomic E-state index is 0.177. The van der Waals surface area contributed by atoms with Gasteiger partial charge in [-0.3, -0.25) is 9.48 Å². The van der Waals surface area contributed by atoms with Gasteiger partial charge in [0.15, 0.2) is 0 Å². The van der Waals surface area contributed by atoms with Crippen LogP contribution in [0.4, 0.5) is 5.69 Å². The predicted molar refractivity (Wildman–Crippen MR) is 142 cm³/mol. The van der Waals surface area contributed by atoms with Crippen molar-refractivity contribution in [3.63, 3.8) is 0 Å². The first-order valence-electron chi connectivity index (χ1n) is 12.3. The molecular formula is C30H29N3O4. The average molecular weight is 496 g/mol. The predicted octanol–water partition coefficient (Wildman–Crippen LogP) is 5.06. The van der Waals surface area contributed by atoms with Crippen molar-refractivity contribution in [1.82, 2.24) is 9.78 Å². The summed E-state index contributed by atoms with van der Waals surface area (Å²) in [6.45, 7) is 0.646. The lowest BCUT2D eigenvalue weighted by Crippen LogP contribution is -2.16. The molecule has 1 N–H and O–H groups in total. The lowest BCUT2D eigenvalue weighted by Gasteiger charge is -2.20. The Morgan fingerprint density at radius 1 is 0.973 bits per heavy atom. The van der Waals surface area contributed by atoms with E-state index in [0.717, 1.165) is 41.1 Å². The van der Waals surface area contributed by atoms with Crippen molar-refractivity contribution in [2.75, 3.05) is 19.5 Å². The van der Waals surface area contributed by atoms with Gasteiger partial charge in [-0.05, 0) is 54.3 Å². The van der Waals surface area contributed by atoms with Crippen LogP contribution < -0.4 is 10.1 Å². The van der Waals surface area contributed by atoms with Crippen LogP contribution in [0.5, 0.6) is 5.75 Å². The molecule has 3 aromatic carbocycles. The first-order valence-corrected chi connectivity index (χ1v) is 12.3. The van der Waals surface area contributed by atoms with E-state index in [9.17, 15) is 9.59 Å². The van der Waals surface area contributed by atoms with Gasteiger partial charge >= 0.3 is 5.97 Å². The van der Waals surface area contributed by atoms with Gasteiger partial charge in [0.2, 0.25) is 5.91 Å². The Morgan fingerprint density at radius 3 is 2.54 bits per heavy atom. The van der Waals surface area contributed by atoms with E-state index in [-0.39, 0.29) is 12.3 Å². The second kappa shape index (κ2) is 10.7. The van der Waals surface area contributed by atoms with Gasteiger partial charge in [0.05, 0.1) is 43.4 Å². The number of ether oxygens (including phenoxy) is 2. The van der Waals surface area contributed by atoms with E-state index in [1.165, 1.54) is 18.2 Å². The van der Waals surface area contributed by atoms with E-state index >= 15 is 0 Å². The van der Waals surface area contributed by atoms with Crippen LogP contribution in [0, 0.1) is 0 Å². The van der Waals surface area contributed by atoms with E-state index in [4.69, 9.17) is 14.6 Å². The van der Waals surface area contributed by atoms with Crippen LogP contribution >= 0.6 is 0 Å². The molecule has 0 radical (unpaired) electrons. The van der Waals surface area contributed by atoms with Gasteiger partial charge in [0, 0.05) is 24.0 Å². The Balaban J connectivity index is 1.41. The molecule has 1 aliphatic carbocycles. The summed E-state index contributed by atoms with van der Waals surface area (Å²) in [5, 5.41) is 7.86. The van der Waals surface area contributed by atoms with E-state index in [0.29, 0.717) is 24.2 Å². The topological polar surface area (TPSA) is 82.5 Å². The maximum Gasteiger partial charge on any atom is 0.339 e. The van der Waals surface area contributed by atoms with Crippen LogP contribution in [0.1, 0.15) is 39.2 Å². The highest BCUT2D eigenvalue weighted by atomic mass is 16.5. The molecule has 0 aliphatic heterocycles. The van der Waals surface area contributed by atoms with Gasteiger partial charge < -0.3 is 14.8 Å². The van der Waals surface area contributed by atoms with Crippen molar-refractivity contribution in [3.05, 3.63) is 101 Å². The molecule has 0 atom stereocenters. The minimum Gasteiger partial charge on any atom is -0.497 e. The molecule has 37 heavy (non-hydrogen) atoms. The minimum atomic E-state index is -0.486. The molecule has 0 saturated carbocycles. The number of aromatic nitrogens is 2. The summed E-state index contributed by atoms with van der Waals surface area (Å²) < 4.78 is 12.3. The van der Waals surface area contributed by atoms with Gasteiger partial charge in [0.25, 0.3) is 0 Å². The molecule has 0 unspecified atom stereocenters. The van der Waals surface area contributed by atoms with Crippen molar-refractivity contribution in [2.45, 2.75) is 32.2 Å². The summed E-state index contributed by atoms with van der Waals surface area (Å²) in [5.41, 5.74) is 7.57. The largest absolute Gasteiger partial charge is 0.497 e. The number of aryl methyl sites for hydroxylation is 2. The first kappa shape index (κ1) is 24.3. The summed E-state index contributed by atoms with van der Waals surface area (Å²) in [6.07, 6.45) is 2.50. The van der Waals surface area contributed by atoms with E-state index in [2.05, 4.69) is 34.3 Å². The number of esters is 1. The van der Waals surface area contributed by atoms with Crippen molar-refractivity contribution in [3.8, 4) is 17.0 Å². The molecular weight excluding hydrogens is 466 g/mol. The lowest BCUT2D eigenvalue weighted by atomic mass is 9.88. The molecule has 1 aromatic heterocycles. The summed E-state index contributed by atoms with van der Waals surface area (Å²) in [6, 6.07) is 23.3. The number of methoxy groups -OCH3 is 2. The first-order chi connectivity index (χ1) is 18.1. The zero-order chi connectivity index (χ0) is 25.8. The summed E-state index contributed by atoms with van der Waals surface area (Å²) in [5.74, 6) is 0.184. The number of carbonyl (C=O) groups excluding carboxylic acids is 2. The van der Waals surface area contributed by atoms with E-state index < -0.39 is 5.97 Å². The Hall–Kier alpha value is -4.39. The number of anilines is 1. The molecule has 4 aromatic rings. The number of fused-ring (bicyclic) bond motifs is 3. The molecule has 7 nitrogen and oxygen atoms in total. The number of hydrogen-bond acceptors (Lipinski definition) is 5. The van der Waals surface area contributed by atoms with Crippen LogP contribution in [0.15, 0.2) is 72.8 Å². The molecule has 0 spiro atoms. The van der Waals surface area contributed by atoms with E-state index in [1.54, 1.807) is 31.4 Å². The molecule has 188 valence electrons. The van der Waals surface area contributed by atoms with Crippen LogP contribution in [0.25, 0.3) is 11.3 Å². The highest BCUT2D eigenvalue weighted by Gasteiger charge is 2.26. The molecule has 0 fully saturated rings. The smallest absolute Gasteiger partial charge is 0.339 e. The fraction of sp³-hybridized carbons (Fsp3) is 0.233. The zero-order valence-corrected chi connectivity index (χ0v) is 21.0. The van der Waals surface area contributed by atoms with Crippen molar-refractivity contribution in [2.24, 2.45) is 0 Å². The number of carbonyl (C=O) groups is 2. The Bertz CT molecular complexity index is 1440. The third kappa shape index (κ3) is 5.11. The maximum atomic E-state index is 12.9. The highest BCUT2D eigenvalue weighted by Crippen LogP contribution is 2.38. The number of nitrogens with one attached hydrogen (secondary N) is 1. The van der Waals surface area contributed by atoms with E-state index in [1.807, 2.05) is 24.3 Å². The average Bonchev–Trinajstić information content (AvgIpc) is 3.29. The summed E-state index contributed by atoms with van der Waals surface area (Å²) in [4.78, 5) is 24.9. The van der Waals surface area contributed by atoms with Gasteiger partial charge in [-0.15, -0.1) is 0 Å². The second-order valence-electron chi connectivity index (χ2n) is 9.03. The monoisotopic (exact) mass is 495 g/mol. The molecule has 1 amide bonds. The molecule has 5 rings (SSSR count). The number of nitrogens with zero attached hydrogens (tertiary/aromatic N) is 2. The lowest BCUT2D eigenvalue weighted by molar-refractivity contribution is -0.116. The quantitative estimate of drug-likeness (QED) is 0.346. The van der Waals surface area contributed by atoms with Crippen LogP contribution in [0.3, 0.4) is 0 Å². The fourth-order valence-electron chi connectivity index (χ4n) is 4.90. The second-order valence-corrected chi connectivity index (χ2v) is 9.03. The normalized spacial score (nSPS) is 11.8. The Labute approximate surface area is 216 Å². The molecule has 0 saturated heterocycles. The Kier molecular flexibility index (Phi) is 7.03. The number of rotatable bonds is 8. The number of amides is 1. The van der Waals surface area contributed by atoms with Crippen LogP contribution in [0.2, 0.25) is 0 Å². The molecule has 1 aliphatic rings. The highest BCUT2D eigenvalue weighted by molar-refractivity contribution is 6.01. The molecule has 1 heterocycles. The van der Waals surface area contributed by atoms with Gasteiger partial charge in [-0.25, -0.2) is 4.79 Å². The third-order valence-electron chi connectivity index (χ3n) is 6.72. The third-order valence-corrected chi connectivity index (χ3v) is 6.72. The number of para-hydroxylation sites is 1. The summed E-state index contributed by atoms with van der Waals surface area (Å²) >= 11 is 0. The van der Waals surface area contributed by atoms with Gasteiger partial charge in [-0.1, -0.05) is 42.5 Å². The van der Waals surface area contributed by atoms with Crippen LogP contribution in [-0.2, 0) is 35.3 Å². The SMILES string of the molecule is COC(=O)c1ccccc1NC(=O)CCc1nn(Cc2ccccc2)c2c1CCc1cc(OC)ccc1-2. The summed E-state index contributed by atoms with van der Waals surface area (Å²) in [7, 11) is 3.01. The Morgan fingerprint density at radius 2 is 1.76 bits per heavy atom.